The van der Waals surface area contributed by atoms with Crippen LogP contribution in [0.4, 0.5) is 0 Å². The molecule has 15 heavy (non-hydrogen) atoms. The molecule has 0 amide bonds. The molecule has 0 saturated heterocycles. The van der Waals surface area contributed by atoms with E-state index < -0.39 is 15.0 Å². The average molecular weight is 270 g/mol. The molecule has 0 atom stereocenters. The summed E-state index contributed by atoms with van der Waals surface area (Å²) >= 11 is 5.38. The Labute approximate surface area is 99.9 Å². The van der Waals surface area contributed by atoms with Crippen LogP contribution in [-0.2, 0) is 25.1 Å². The third-order valence-corrected chi connectivity index (χ3v) is 6.70. The number of hydrogen-bond donors (Lipinski definition) is 0. The van der Waals surface area contributed by atoms with Crippen molar-refractivity contribution in [3.63, 3.8) is 0 Å². The van der Waals surface area contributed by atoms with Gasteiger partial charge in [-0.05, 0) is 59.1 Å². The van der Waals surface area contributed by atoms with Crippen molar-refractivity contribution in [3.05, 3.63) is 0 Å². The van der Waals surface area contributed by atoms with Gasteiger partial charge in [0.25, 0.3) is 0 Å². The predicted octanol–water partition coefficient (Wildman–Crippen LogP) is 3.91. The van der Waals surface area contributed by atoms with Gasteiger partial charge in [0.2, 0.25) is 0 Å². The maximum absolute atomic E-state index is 5.87. The Balaban J connectivity index is 4.63. The Kier molecular flexibility index (Phi) is 6.19. The zero-order valence-corrected chi connectivity index (χ0v) is 13.4. The number of rotatable bonds is 6. The highest BCUT2D eigenvalue weighted by Crippen LogP contribution is 2.54. The molecule has 0 aromatic carbocycles. The maximum atomic E-state index is 5.87. The Morgan fingerprint density at radius 3 is 1.47 bits per heavy atom. The highest BCUT2D eigenvalue weighted by molar-refractivity contribution is 8.08. The van der Waals surface area contributed by atoms with E-state index in [2.05, 4.69) is 19.6 Å². The summed E-state index contributed by atoms with van der Waals surface area (Å²) in [5, 5.41) is 0. The summed E-state index contributed by atoms with van der Waals surface area (Å²) in [5.41, 5.74) is 0. The highest BCUT2D eigenvalue weighted by atomic mass is 32.5. The van der Waals surface area contributed by atoms with Crippen LogP contribution in [-0.4, -0.2) is 20.5 Å². The molecule has 0 heterocycles. The molecule has 0 aliphatic heterocycles. The van der Waals surface area contributed by atoms with Crippen LogP contribution >= 0.6 is 6.72 Å². The minimum Gasteiger partial charge on any atom is -0.351 e. The second-order valence-corrected chi connectivity index (χ2v) is 12.6. The molecule has 3 nitrogen and oxygen atoms in total. The van der Waals surface area contributed by atoms with Gasteiger partial charge in [-0.25, -0.2) is 0 Å². The Bertz CT molecular complexity index is 224. The quantitative estimate of drug-likeness (QED) is 0.540. The maximum Gasteiger partial charge on any atom is 0.317 e. The van der Waals surface area contributed by atoms with Crippen LogP contribution in [0.15, 0.2) is 0 Å². The predicted molar refractivity (Wildman–Crippen MR) is 71.2 cm³/mol. The first-order valence-corrected chi connectivity index (χ1v) is 11.2. The summed E-state index contributed by atoms with van der Waals surface area (Å²) in [6.45, 7) is 11.5. The van der Waals surface area contributed by atoms with E-state index in [1.54, 1.807) is 0 Å². The summed E-state index contributed by atoms with van der Waals surface area (Å²) in [6.07, 6.45) is 0.0665. The lowest BCUT2D eigenvalue weighted by Crippen LogP contribution is -2.26. The van der Waals surface area contributed by atoms with E-state index in [0.717, 1.165) is 0 Å². The molecule has 0 aliphatic rings. The molecule has 0 radical (unpaired) electrons. The molecule has 6 heteroatoms. The van der Waals surface area contributed by atoms with E-state index in [0.29, 0.717) is 0 Å². The second kappa shape index (κ2) is 5.89. The average Bonchev–Trinajstić information content (AvgIpc) is 1.73. The fraction of sp³-hybridized carbons (Fsp3) is 1.00. The molecule has 0 spiro atoms. The molecule has 0 saturated carbocycles. The van der Waals surface area contributed by atoms with Gasteiger partial charge >= 0.3 is 6.72 Å². The summed E-state index contributed by atoms with van der Waals surface area (Å²) in [5.74, 6) is 0. The van der Waals surface area contributed by atoms with Crippen LogP contribution in [0.25, 0.3) is 0 Å². The van der Waals surface area contributed by atoms with E-state index in [-0.39, 0.29) is 12.2 Å². The van der Waals surface area contributed by atoms with Crippen molar-refractivity contribution in [2.45, 2.75) is 59.5 Å². The molecule has 0 bridgehead atoms. The van der Waals surface area contributed by atoms with Gasteiger partial charge in [0.05, 0.1) is 12.2 Å². The zero-order valence-electron chi connectivity index (χ0n) is 10.7. The van der Waals surface area contributed by atoms with Gasteiger partial charge in [0.15, 0.2) is 8.32 Å². The fourth-order valence-corrected chi connectivity index (χ4v) is 8.07. The van der Waals surface area contributed by atoms with Crippen molar-refractivity contribution >= 4 is 26.8 Å². The van der Waals surface area contributed by atoms with Crippen LogP contribution in [0, 0.1) is 0 Å². The zero-order chi connectivity index (χ0) is 12.3. The third kappa shape index (κ3) is 8.54. The Hall–Kier alpha value is 0.747. The second-order valence-electron chi connectivity index (χ2n) is 4.96. The first kappa shape index (κ1) is 15.7. The molecular formula is C9H23O3PSSi. The molecule has 0 fully saturated rings. The lowest BCUT2D eigenvalue weighted by Gasteiger charge is -2.31. The van der Waals surface area contributed by atoms with Crippen molar-refractivity contribution in [2.75, 3.05) is 0 Å². The van der Waals surface area contributed by atoms with Gasteiger partial charge in [-0.3, -0.25) is 0 Å². The van der Waals surface area contributed by atoms with Crippen molar-refractivity contribution < 1.29 is 13.3 Å². The fourth-order valence-electron chi connectivity index (χ4n) is 0.920. The van der Waals surface area contributed by atoms with Gasteiger partial charge < -0.3 is 13.3 Å². The van der Waals surface area contributed by atoms with E-state index >= 15 is 0 Å². The first-order valence-electron chi connectivity index (χ1n) is 5.22. The molecule has 92 valence electrons. The van der Waals surface area contributed by atoms with Crippen molar-refractivity contribution in [1.82, 2.24) is 0 Å². The molecule has 0 aromatic rings. The topological polar surface area (TPSA) is 27.7 Å². The normalized spacial score (nSPS) is 13.9. The molecular weight excluding hydrogens is 247 g/mol. The lowest BCUT2D eigenvalue weighted by molar-refractivity contribution is 0.139. The minimum atomic E-state index is -2.56. The molecule has 0 aliphatic carbocycles. The van der Waals surface area contributed by atoms with Crippen LogP contribution in [0.3, 0.4) is 0 Å². The van der Waals surface area contributed by atoms with Crippen molar-refractivity contribution in [1.29, 1.82) is 0 Å². The monoisotopic (exact) mass is 270 g/mol. The summed E-state index contributed by atoms with van der Waals surface area (Å²) in [7, 11) is -1.73. The summed E-state index contributed by atoms with van der Waals surface area (Å²) < 4.78 is 17.1. The van der Waals surface area contributed by atoms with Crippen LogP contribution in [0.1, 0.15) is 27.7 Å². The van der Waals surface area contributed by atoms with Gasteiger partial charge in [-0.1, -0.05) is 0 Å². The van der Waals surface area contributed by atoms with Crippen LogP contribution in [0.2, 0.25) is 19.6 Å². The smallest absolute Gasteiger partial charge is 0.317 e. The largest absolute Gasteiger partial charge is 0.351 e. The highest BCUT2D eigenvalue weighted by Gasteiger charge is 2.31. The van der Waals surface area contributed by atoms with Gasteiger partial charge in [0, 0.05) is 0 Å². The van der Waals surface area contributed by atoms with Crippen LogP contribution in [0.5, 0.6) is 0 Å². The molecule has 0 N–H and O–H groups in total. The molecule has 0 rings (SSSR count). The SMILES string of the molecule is CC(C)OP(=S)(OC(C)C)O[Si](C)(C)C. The standard InChI is InChI=1S/C9H23O3PSSi/c1-8(2)10-13(14,11-9(3)4)12-15(5,6)7/h8-9H,1-7H3. The lowest BCUT2D eigenvalue weighted by atomic mass is 10.5. The number of hydrogen-bond acceptors (Lipinski definition) is 4. The van der Waals surface area contributed by atoms with E-state index in [9.17, 15) is 0 Å². The minimum absolute atomic E-state index is 0.0333. The van der Waals surface area contributed by atoms with Crippen molar-refractivity contribution in [3.8, 4) is 0 Å². The van der Waals surface area contributed by atoms with Crippen molar-refractivity contribution in [2.24, 2.45) is 0 Å². The summed E-state index contributed by atoms with van der Waals surface area (Å²) in [6, 6.07) is 0. The molecule has 0 unspecified atom stereocenters. The summed E-state index contributed by atoms with van der Waals surface area (Å²) in [4.78, 5) is 0. The molecule has 0 aromatic heterocycles. The third-order valence-electron chi connectivity index (χ3n) is 1.07. The van der Waals surface area contributed by atoms with Crippen LogP contribution < -0.4 is 0 Å². The van der Waals surface area contributed by atoms with E-state index in [1.165, 1.54) is 0 Å². The van der Waals surface area contributed by atoms with E-state index in [4.69, 9.17) is 25.1 Å². The van der Waals surface area contributed by atoms with E-state index in [1.807, 2.05) is 27.7 Å². The Morgan fingerprint density at radius 2 is 1.27 bits per heavy atom. The van der Waals surface area contributed by atoms with Gasteiger partial charge in [-0.15, -0.1) is 0 Å². The van der Waals surface area contributed by atoms with Gasteiger partial charge in [-0.2, -0.15) is 0 Å². The Morgan fingerprint density at radius 1 is 0.933 bits per heavy atom. The first-order chi connectivity index (χ1) is 6.54. The van der Waals surface area contributed by atoms with Gasteiger partial charge in [0.1, 0.15) is 0 Å².